The Morgan fingerprint density at radius 3 is 2.88 bits per heavy atom. The molecule has 16 heavy (non-hydrogen) atoms. The Morgan fingerprint density at radius 2 is 2.19 bits per heavy atom. The Morgan fingerprint density at radius 1 is 1.38 bits per heavy atom. The monoisotopic (exact) mass is 235 g/mol. The molecule has 2 aromatic rings. The van der Waals surface area contributed by atoms with Gasteiger partial charge in [-0.2, -0.15) is 0 Å². The van der Waals surface area contributed by atoms with Crippen molar-refractivity contribution in [3.63, 3.8) is 0 Å². The van der Waals surface area contributed by atoms with Crippen molar-refractivity contribution in [3.05, 3.63) is 47.3 Å². The Labute approximate surface area is 100 Å². The molecule has 0 saturated heterocycles. The maximum absolute atomic E-state index is 5.85. The molecule has 0 bridgehead atoms. The minimum absolute atomic E-state index is 0.411. The van der Waals surface area contributed by atoms with Gasteiger partial charge in [-0.25, -0.2) is 9.97 Å². The average Bonchev–Trinajstić information content (AvgIpc) is 2.66. The molecule has 0 unspecified atom stereocenters. The second-order valence-electron chi connectivity index (χ2n) is 4.02. The van der Waals surface area contributed by atoms with E-state index in [1.54, 1.807) is 6.07 Å². The molecule has 2 rings (SSSR count). The van der Waals surface area contributed by atoms with Crippen molar-refractivity contribution in [2.75, 3.05) is 0 Å². The number of rotatable bonds is 3. The van der Waals surface area contributed by atoms with Crippen LogP contribution in [0.2, 0.25) is 5.15 Å². The molecule has 0 spiro atoms. The van der Waals surface area contributed by atoms with Crippen LogP contribution in [0.15, 0.2) is 30.6 Å². The molecule has 0 saturated carbocycles. The van der Waals surface area contributed by atoms with Crippen molar-refractivity contribution in [1.29, 1.82) is 0 Å². The van der Waals surface area contributed by atoms with E-state index in [0.29, 0.717) is 17.6 Å². The van der Waals surface area contributed by atoms with Crippen LogP contribution >= 0.6 is 11.6 Å². The van der Waals surface area contributed by atoms with E-state index in [1.165, 1.54) is 0 Å². The van der Waals surface area contributed by atoms with Gasteiger partial charge in [0.2, 0.25) is 0 Å². The van der Waals surface area contributed by atoms with Gasteiger partial charge in [0.05, 0.1) is 12.2 Å². The summed E-state index contributed by atoms with van der Waals surface area (Å²) in [5.74, 6) is 1.48. The van der Waals surface area contributed by atoms with Crippen LogP contribution in [0.3, 0.4) is 0 Å². The summed E-state index contributed by atoms with van der Waals surface area (Å²) in [5, 5.41) is 0.531. The molecule has 4 heteroatoms. The Balaban J connectivity index is 2.24. The fourth-order valence-corrected chi connectivity index (χ4v) is 1.85. The number of imidazole rings is 1. The molecule has 0 fully saturated rings. The molecule has 2 heterocycles. The third-order valence-electron chi connectivity index (χ3n) is 2.37. The van der Waals surface area contributed by atoms with E-state index in [9.17, 15) is 0 Å². The molecule has 0 atom stereocenters. The van der Waals surface area contributed by atoms with Crippen LogP contribution in [0.1, 0.15) is 31.3 Å². The highest BCUT2D eigenvalue weighted by atomic mass is 35.5. The second kappa shape index (κ2) is 4.66. The lowest BCUT2D eigenvalue weighted by molar-refractivity contribution is 0.661. The van der Waals surface area contributed by atoms with Crippen molar-refractivity contribution in [1.82, 2.24) is 14.5 Å². The number of nitrogens with zero attached hydrogens (tertiary/aromatic N) is 3. The zero-order valence-electron chi connectivity index (χ0n) is 9.39. The minimum atomic E-state index is 0.411. The van der Waals surface area contributed by atoms with Crippen LogP contribution in [0.4, 0.5) is 0 Å². The first-order valence-electron chi connectivity index (χ1n) is 5.29. The summed E-state index contributed by atoms with van der Waals surface area (Å²) in [6.07, 6.45) is 3.79. The van der Waals surface area contributed by atoms with E-state index in [0.717, 1.165) is 11.5 Å². The summed E-state index contributed by atoms with van der Waals surface area (Å²) in [5.41, 5.74) is 0.951. The molecule has 0 amide bonds. The van der Waals surface area contributed by atoms with Crippen LogP contribution in [-0.4, -0.2) is 14.5 Å². The van der Waals surface area contributed by atoms with Crippen LogP contribution < -0.4 is 0 Å². The zero-order chi connectivity index (χ0) is 11.5. The third kappa shape index (κ3) is 2.42. The van der Waals surface area contributed by atoms with E-state index in [2.05, 4.69) is 28.4 Å². The SMILES string of the molecule is CC(C)c1nccn1Cc1cccc(Cl)n1. The molecule has 0 N–H and O–H groups in total. The van der Waals surface area contributed by atoms with Gasteiger partial charge in [0, 0.05) is 18.3 Å². The lowest BCUT2D eigenvalue weighted by Crippen LogP contribution is -2.06. The van der Waals surface area contributed by atoms with Crippen molar-refractivity contribution in [3.8, 4) is 0 Å². The predicted octanol–water partition coefficient (Wildman–Crippen LogP) is 3.10. The number of aromatic nitrogens is 3. The fourth-order valence-electron chi connectivity index (χ4n) is 1.67. The number of hydrogen-bond acceptors (Lipinski definition) is 2. The largest absolute Gasteiger partial charge is 0.329 e. The van der Waals surface area contributed by atoms with Gasteiger partial charge < -0.3 is 4.57 Å². The summed E-state index contributed by atoms with van der Waals surface area (Å²) in [7, 11) is 0. The van der Waals surface area contributed by atoms with Crippen LogP contribution in [0.5, 0.6) is 0 Å². The van der Waals surface area contributed by atoms with Crippen molar-refractivity contribution >= 4 is 11.6 Å². The van der Waals surface area contributed by atoms with Crippen molar-refractivity contribution in [2.45, 2.75) is 26.3 Å². The molecule has 0 aromatic carbocycles. The molecule has 0 aliphatic rings. The molecule has 0 radical (unpaired) electrons. The highest BCUT2D eigenvalue weighted by Crippen LogP contribution is 2.14. The van der Waals surface area contributed by atoms with Crippen LogP contribution in [-0.2, 0) is 6.54 Å². The number of halogens is 1. The smallest absolute Gasteiger partial charge is 0.129 e. The molecular formula is C12H14ClN3. The summed E-state index contributed by atoms with van der Waals surface area (Å²) >= 11 is 5.85. The van der Waals surface area contributed by atoms with Gasteiger partial charge in [0.15, 0.2) is 0 Å². The standard InChI is InChI=1S/C12H14ClN3/c1-9(2)12-14-6-7-16(12)8-10-4-3-5-11(13)15-10/h3-7,9H,8H2,1-2H3. The summed E-state index contributed by atoms with van der Waals surface area (Å²) in [4.78, 5) is 8.60. The quantitative estimate of drug-likeness (QED) is 0.766. The first-order valence-corrected chi connectivity index (χ1v) is 5.67. The Kier molecular flexibility index (Phi) is 3.25. The number of pyridine rings is 1. The molecule has 3 nitrogen and oxygen atoms in total. The first kappa shape index (κ1) is 11.1. The van der Waals surface area contributed by atoms with Gasteiger partial charge in [-0.15, -0.1) is 0 Å². The minimum Gasteiger partial charge on any atom is -0.329 e. The van der Waals surface area contributed by atoms with Gasteiger partial charge >= 0.3 is 0 Å². The Hall–Kier alpha value is -1.35. The highest BCUT2D eigenvalue weighted by molar-refractivity contribution is 6.29. The van der Waals surface area contributed by atoms with E-state index in [4.69, 9.17) is 11.6 Å². The lowest BCUT2D eigenvalue weighted by atomic mass is 10.2. The maximum atomic E-state index is 5.85. The van der Waals surface area contributed by atoms with E-state index >= 15 is 0 Å². The predicted molar refractivity (Wildman–Crippen MR) is 64.7 cm³/mol. The van der Waals surface area contributed by atoms with Gasteiger partial charge in [-0.1, -0.05) is 31.5 Å². The summed E-state index contributed by atoms with van der Waals surface area (Å²) < 4.78 is 2.10. The van der Waals surface area contributed by atoms with Crippen molar-refractivity contribution < 1.29 is 0 Å². The van der Waals surface area contributed by atoms with E-state index in [-0.39, 0.29) is 0 Å². The van der Waals surface area contributed by atoms with Gasteiger partial charge in [-0.3, -0.25) is 0 Å². The van der Waals surface area contributed by atoms with E-state index < -0.39 is 0 Å². The van der Waals surface area contributed by atoms with Crippen LogP contribution in [0.25, 0.3) is 0 Å². The van der Waals surface area contributed by atoms with Crippen molar-refractivity contribution in [2.24, 2.45) is 0 Å². The maximum Gasteiger partial charge on any atom is 0.129 e. The van der Waals surface area contributed by atoms with Gasteiger partial charge in [-0.05, 0) is 12.1 Å². The molecule has 2 aromatic heterocycles. The first-order chi connectivity index (χ1) is 7.66. The normalized spacial score (nSPS) is 11.0. The summed E-state index contributed by atoms with van der Waals surface area (Å²) in [6.45, 7) is 4.97. The highest BCUT2D eigenvalue weighted by Gasteiger charge is 2.07. The Bertz CT molecular complexity index is 477. The van der Waals surface area contributed by atoms with Gasteiger partial charge in [0.1, 0.15) is 11.0 Å². The zero-order valence-corrected chi connectivity index (χ0v) is 10.1. The molecule has 0 aliphatic heterocycles. The lowest BCUT2D eigenvalue weighted by Gasteiger charge is -2.09. The van der Waals surface area contributed by atoms with E-state index in [1.807, 2.05) is 24.5 Å². The summed E-state index contributed by atoms with van der Waals surface area (Å²) in [6, 6.07) is 5.66. The third-order valence-corrected chi connectivity index (χ3v) is 2.58. The van der Waals surface area contributed by atoms with Gasteiger partial charge in [0.25, 0.3) is 0 Å². The number of hydrogen-bond donors (Lipinski definition) is 0. The topological polar surface area (TPSA) is 30.7 Å². The molecule has 84 valence electrons. The van der Waals surface area contributed by atoms with Crippen LogP contribution in [0, 0.1) is 0 Å². The molecule has 0 aliphatic carbocycles. The average molecular weight is 236 g/mol. The second-order valence-corrected chi connectivity index (χ2v) is 4.41. The molecular weight excluding hydrogens is 222 g/mol. The fraction of sp³-hybridized carbons (Fsp3) is 0.333.